The third kappa shape index (κ3) is 1.82. The van der Waals surface area contributed by atoms with Gasteiger partial charge in [0, 0.05) is 11.8 Å². The van der Waals surface area contributed by atoms with E-state index in [2.05, 4.69) is 20.3 Å². The zero-order chi connectivity index (χ0) is 13.6. The molecule has 2 aromatic rings. The smallest absolute Gasteiger partial charge is 0.116 e. The molecule has 0 saturated carbocycles. The lowest BCUT2D eigenvalue weighted by molar-refractivity contribution is 0.0196. The summed E-state index contributed by atoms with van der Waals surface area (Å²) in [4.78, 5) is 11.4. The SMILES string of the molecule is Cc1ncnc2c([C@@H]3N[C@H](CO)[C@@H](O)[C@H]3O)c[nH]c12. The van der Waals surface area contributed by atoms with Crippen molar-refractivity contribution in [1.82, 2.24) is 20.3 Å². The standard InChI is InChI=1S/C12H16N4O3/c1-5-8-9(15-4-14-5)6(2-13-8)10-12(19)11(18)7(3-17)16-10/h2,4,7,10-13,16-19H,3H2,1H3/t7-,10+,11-,12+/m1/s1. The van der Waals surface area contributed by atoms with Gasteiger partial charge in [-0.3, -0.25) is 0 Å². The van der Waals surface area contributed by atoms with Crippen LogP contribution in [0.5, 0.6) is 0 Å². The predicted octanol–water partition coefficient (Wildman–Crippen LogP) is -1.01. The third-order valence-electron chi connectivity index (χ3n) is 3.71. The Morgan fingerprint density at radius 2 is 2.05 bits per heavy atom. The Balaban J connectivity index is 2.04. The van der Waals surface area contributed by atoms with E-state index in [-0.39, 0.29) is 6.61 Å². The Morgan fingerprint density at radius 1 is 1.26 bits per heavy atom. The maximum atomic E-state index is 10.1. The second-order valence-corrected chi connectivity index (χ2v) is 4.84. The topological polar surface area (TPSA) is 114 Å². The number of hydrogen-bond donors (Lipinski definition) is 5. The van der Waals surface area contributed by atoms with Crippen molar-refractivity contribution < 1.29 is 15.3 Å². The summed E-state index contributed by atoms with van der Waals surface area (Å²) in [5, 5.41) is 32.1. The van der Waals surface area contributed by atoms with Gasteiger partial charge in [0.25, 0.3) is 0 Å². The van der Waals surface area contributed by atoms with Gasteiger partial charge in [0.05, 0.1) is 41.5 Å². The van der Waals surface area contributed by atoms with E-state index in [1.807, 2.05) is 6.92 Å². The van der Waals surface area contributed by atoms with E-state index in [0.29, 0.717) is 0 Å². The number of aliphatic hydroxyl groups excluding tert-OH is 3. The molecule has 2 aromatic heterocycles. The van der Waals surface area contributed by atoms with Crippen LogP contribution < -0.4 is 5.32 Å². The highest BCUT2D eigenvalue weighted by molar-refractivity contribution is 5.81. The lowest BCUT2D eigenvalue weighted by atomic mass is 10.0. The zero-order valence-electron chi connectivity index (χ0n) is 10.4. The second-order valence-electron chi connectivity index (χ2n) is 4.84. The van der Waals surface area contributed by atoms with Crippen molar-refractivity contribution in [3.05, 3.63) is 23.8 Å². The molecule has 1 saturated heterocycles. The van der Waals surface area contributed by atoms with Gasteiger partial charge in [-0.05, 0) is 6.92 Å². The first kappa shape index (κ1) is 12.5. The number of aryl methyl sites for hydroxylation is 1. The quantitative estimate of drug-likeness (QED) is 0.475. The number of fused-ring (bicyclic) bond motifs is 1. The molecule has 4 atom stereocenters. The minimum absolute atomic E-state index is 0.231. The summed E-state index contributed by atoms with van der Waals surface area (Å²) in [6.07, 6.45) is 1.24. The molecular weight excluding hydrogens is 248 g/mol. The molecule has 7 nitrogen and oxygen atoms in total. The van der Waals surface area contributed by atoms with Crippen LogP contribution in [0.3, 0.4) is 0 Å². The fourth-order valence-corrected chi connectivity index (χ4v) is 2.62. The molecule has 0 bridgehead atoms. The highest BCUT2D eigenvalue weighted by Crippen LogP contribution is 2.31. The molecule has 5 N–H and O–H groups in total. The lowest BCUT2D eigenvalue weighted by Crippen LogP contribution is -2.35. The van der Waals surface area contributed by atoms with E-state index in [1.54, 1.807) is 6.20 Å². The van der Waals surface area contributed by atoms with Crippen molar-refractivity contribution in [2.45, 2.75) is 31.2 Å². The molecule has 19 heavy (non-hydrogen) atoms. The van der Waals surface area contributed by atoms with Crippen LogP contribution in [0.1, 0.15) is 17.3 Å². The third-order valence-corrected chi connectivity index (χ3v) is 3.71. The highest BCUT2D eigenvalue weighted by Gasteiger charge is 2.42. The van der Waals surface area contributed by atoms with Gasteiger partial charge in [-0.1, -0.05) is 0 Å². The maximum Gasteiger partial charge on any atom is 0.116 e. The molecule has 0 unspecified atom stereocenters. The molecular formula is C12H16N4O3. The number of aromatic nitrogens is 3. The summed E-state index contributed by atoms with van der Waals surface area (Å²) in [5.41, 5.74) is 3.12. The van der Waals surface area contributed by atoms with Gasteiger partial charge >= 0.3 is 0 Å². The number of rotatable bonds is 2. The maximum absolute atomic E-state index is 10.1. The number of nitrogens with one attached hydrogen (secondary N) is 2. The van der Waals surface area contributed by atoms with Crippen molar-refractivity contribution in [2.24, 2.45) is 0 Å². The highest BCUT2D eigenvalue weighted by atomic mass is 16.3. The van der Waals surface area contributed by atoms with Crippen molar-refractivity contribution in [1.29, 1.82) is 0 Å². The molecule has 1 fully saturated rings. The van der Waals surface area contributed by atoms with E-state index in [0.717, 1.165) is 22.3 Å². The number of hydrogen-bond acceptors (Lipinski definition) is 6. The van der Waals surface area contributed by atoms with Crippen LogP contribution in [-0.2, 0) is 0 Å². The van der Waals surface area contributed by atoms with E-state index in [1.165, 1.54) is 6.33 Å². The summed E-state index contributed by atoms with van der Waals surface area (Å²) in [6.45, 7) is 1.64. The summed E-state index contributed by atoms with van der Waals surface area (Å²) in [6, 6.07) is -0.997. The van der Waals surface area contributed by atoms with Gasteiger partial charge in [-0.15, -0.1) is 0 Å². The van der Waals surface area contributed by atoms with Crippen molar-refractivity contribution in [2.75, 3.05) is 6.61 Å². The molecule has 0 aliphatic carbocycles. The fourth-order valence-electron chi connectivity index (χ4n) is 2.62. The zero-order valence-corrected chi connectivity index (χ0v) is 10.4. The molecule has 1 aliphatic rings. The van der Waals surface area contributed by atoms with Crippen molar-refractivity contribution in [3.63, 3.8) is 0 Å². The Bertz CT molecular complexity index is 600. The van der Waals surface area contributed by atoms with E-state index in [4.69, 9.17) is 5.11 Å². The number of H-pyrrole nitrogens is 1. The van der Waals surface area contributed by atoms with Gasteiger partial charge in [-0.2, -0.15) is 0 Å². The molecule has 102 valence electrons. The summed E-state index contributed by atoms with van der Waals surface area (Å²) in [7, 11) is 0. The Kier molecular flexibility index (Phi) is 2.98. The molecule has 7 heteroatoms. The molecule has 3 rings (SSSR count). The average molecular weight is 264 g/mol. The molecule has 1 aliphatic heterocycles. The van der Waals surface area contributed by atoms with Crippen molar-refractivity contribution >= 4 is 11.0 Å². The Labute approximate surface area is 109 Å². The van der Waals surface area contributed by atoms with Gasteiger partial charge in [0.1, 0.15) is 12.4 Å². The Morgan fingerprint density at radius 3 is 2.74 bits per heavy atom. The lowest BCUT2D eigenvalue weighted by Gasteiger charge is -2.14. The fraction of sp³-hybridized carbons (Fsp3) is 0.500. The first-order chi connectivity index (χ1) is 9.13. The van der Waals surface area contributed by atoms with Crippen LogP contribution in [0.4, 0.5) is 0 Å². The molecule has 0 amide bonds. The molecule has 0 radical (unpaired) electrons. The van der Waals surface area contributed by atoms with Gasteiger partial charge in [0.15, 0.2) is 0 Å². The van der Waals surface area contributed by atoms with Crippen LogP contribution >= 0.6 is 0 Å². The minimum Gasteiger partial charge on any atom is -0.395 e. The van der Waals surface area contributed by atoms with Crippen molar-refractivity contribution in [3.8, 4) is 0 Å². The number of nitrogens with zero attached hydrogens (tertiary/aromatic N) is 2. The minimum atomic E-state index is -0.997. The van der Waals surface area contributed by atoms with Gasteiger partial charge < -0.3 is 25.6 Å². The summed E-state index contributed by atoms with van der Waals surface area (Å²) >= 11 is 0. The summed E-state index contributed by atoms with van der Waals surface area (Å²) < 4.78 is 0. The van der Waals surface area contributed by atoms with E-state index < -0.39 is 24.3 Å². The average Bonchev–Trinajstić information content (AvgIpc) is 2.94. The number of aliphatic hydroxyl groups is 3. The first-order valence-corrected chi connectivity index (χ1v) is 6.15. The molecule has 0 spiro atoms. The van der Waals surface area contributed by atoms with E-state index in [9.17, 15) is 10.2 Å². The molecule has 3 heterocycles. The van der Waals surface area contributed by atoms with E-state index >= 15 is 0 Å². The molecule has 0 aromatic carbocycles. The van der Waals surface area contributed by atoms with Crippen LogP contribution in [-0.4, -0.2) is 55.1 Å². The number of aromatic amines is 1. The Hall–Kier alpha value is -1.54. The monoisotopic (exact) mass is 264 g/mol. The largest absolute Gasteiger partial charge is 0.395 e. The predicted molar refractivity (Wildman–Crippen MR) is 67.4 cm³/mol. The van der Waals surface area contributed by atoms with Crippen LogP contribution in [0, 0.1) is 6.92 Å². The van der Waals surface area contributed by atoms with Crippen LogP contribution in [0.25, 0.3) is 11.0 Å². The van der Waals surface area contributed by atoms with Crippen LogP contribution in [0.2, 0.25) is 0 Å². The van der Waals surface area contributed by atoms with Gasteiger partial charge in [0.2, 0.25) is 0 Å². The second kappa shape index (κ2) is 4.53. The van der Waals surface area contributed by atoms with Gasteiger partial charge in [-0.25, -0.2) is 9.97 Å². The van der Waals surface area contributed by atoms with Crippen LogP contribution in [0.15, 0.2) is 12.5 Å². The summed E-state index contributed by atoms with van der Waals surface area (Å²) in [5.74, 6) is 0. The normalized spacial score (nSPS) is 31.2. The first-order valence-electron chi connectivity index (χ1n) is 6.15.